The van der Waals surface area contributed by atoms with E-state index in [0.29, 0.717) is 23.9 Å². The normalized spacial score (nSPS) is 29.5. The molecule has 7 heteroatoms. The van der Waals surface area contributed by atoms with E-state index in [1.807, 2.05) is 32.0 Å². The molecule has 0 aliphatic heterocycles. The van der Waals surface area contributed by atoms with Crippen molar-refractivity contribution in [1.82, 2.24) is 16.0 Å². The van der Waals surface area contributed by atoms with Gasteiger partial charge in [-0.15, -0.1) is 0 Å². The zero-order chi connectivity index (χ0) is 23.6. The van der Waals surface area contributed by atoms with Crippen molar-refractivity contribution in [2.75, 3.05) is 19.7 Å². The first-order valence-corrected chi connectivity index (χ1v) is 12.4. The van der Waals surface area contributed by atoms with Crippen LogP contribution < -0.4 is 16.0 Å². The molecular formula is C26H39N3O4. The number of carbonyl (C=O) groups is 2. The third-order valence-corrected chi connectivity index (χ3v) is 8.35. The molecule has 4 aliphatic rings. The molecule has 0 saturated heterocycles. The summed E-state index contributed by atoms with van der Waals surface area (Å²) in [6.45, 7) is 5.25. The molecule has 182 valence electrons. The number of amides is 2. The highest BCUT2D eigenvalue weighted by Crippen LogP contribution is 2.59. The molecule has 5 N–H and O–H groups in total. The van der Waals surface area contributed by atoms with Gasteiger partial charge in [0, 0.05) is 37.3 Å². The maximum Gasteiger partial charge on any atom is 0.404 e. The number of aryl methyl sites for hydroxylation is 1. The standard InChI is InChI=1S/C26H39N3O4/c1-17-3-4-18(14-29-25(2,5-6-30)15-28-24(32)33)10-22(17)23(31)27-16-26-11-19-7-20(12-26)9-21(8-19)13-26/h3-4,10,19-21,28-30H,5-9,11-16H2,1-2H3,(H,27,31)(H,32,33). The molecule has 5 rings (SSSR count). The molecule has 2 amide bonds. The maximum absolute atomic E-state index is 13.2. The Bertz CT molecular complexity index is 851. The van der Waals surface area contributed by atoms with E-state index in [1.54, 1.807) is 0 Å². The van der Waals surface area contributed by atoms with Crippen molar-refractivity contribution in [3.8, 4) is 0 Å². The summed E-state index contributed by atoms with van der Waals surface area (Å²) in [5.41, 5.74) is 2.33. The molecule has 1 unspecified atom stereocenters. The van der Waals surface area contributed by atoms with Crippen molar-refractivity contribution in [1.29, 1.82) is 0 Å². The number of carbonyl (C=O) groups excluding carboxylic acids is 1. The topological polar surface area (TPSA) is 111 Å². The van der Waals surface area contributed by atoms with Gasteiger partial charge < -0.3 is 26.2 Å². The number of aliphatic hydroxyl groups is 1. The summed E-state index contributed by atoms with van der Waals surface area (Å²) in [5.74, 6) is 2.60. The zero-order valence-corrected chi connectivity index (χ0v) is 20.0. The lowest BCUT2D eigenvalue weighted by molar-refractivity contribution is -0.0503. The lowest BCUT2D eigenvalue weighted by Crippen LogP contribution is -2.51. The Balaban J connectivity index is 1.37. The molecule has 4 bridgehead atoms. The number of hydrogen-bond donors (Lipinski definition) is 5. The SMILES string of the molecule is Cc1ccc(CNC(C)(CCO)CNC(=O)O)cc1C(=O)NCC12CC3CC(CC(C3)C1)C2. The number of nitrogens with one attached hydrogen (secondary N) is 3. The zero-order valence-electron chi connectivity index (χ0n) is 20.0. The minimum Gasteiger partial charge on any atom is -0.465 e. The van der Waals surface area contributed by atoms with E-state index in [-0.39, 0.29) is 19.1 Å². The van der Waals surface area contributed by atoms with Crippen LogP contribution in [0.5, 0.6) is 0 Å². The fourth-order valence-corrected chi connectivity index (χ4v) is 6.97. The van der Waals surface area contributed by atoms with Crippen LogP contribution in [0.3, 0.4) is 0 Å². The van der Waals surface area contributed by atoms with Gasteiger partial charge >= 0.3 is 6.09 Å². The van der Waals surface area contributed by atoms with Crippen molar-refractivity contribution in [3.05, 3.63) is 34.9 Å². The number of aliphatic hydroxyl groups excluding tert-OH is 1. The Morgan fingerprint density at radius 3 is 2.30 bits per heavy atom. The van der Waals surface area contributed by atoms with E-state index in [4.69, 9.17) is 5.11 Å². The molecular weight excluding hydrogens is 418 g/mol. The minimum atomic E-state index is -1.09. The first-order chi connectivity index (χ1) is 15.7. The van der Waals surface area contributed by atoms with E-state index in [0.717, 1.165) is 35.4 Å². The van der Waals surface area contributed by atoms with Crippen molar-refractivity contribution in [3.63, 3.8) is 0 Å². The summed E-state index contributed by atoms with van der Waals surface area (Å²) in [5, 5.41) is 27.4. The predicted octanol–water partition coefficient (Wildman–Crippen LogP) is 3.44. The molecule has 4 fully saturated rings. The van der Waals surface area contributed by atoms with Gasteiger partial charge in [0.2, 0.25) is 0 Å². The van der Waals surface area contributed by atoms with E-state index in [1.165, 1.54) is 38.5 Å². The second-order valence-electron chi connectivity index (χ2n) is 11.3. The highest BCUT2D eigenvalue weighted by molar-refractivity contribution is 5.95. The molecule has 7 nitrogen and oxygen atoms in total. The van der Waals surface area contributed by atoms with Gasteiger partial charge in [0.05, 0.1) is 0 Å². The summed E-state index contributed by atoms with van der Waals surface area (Å²) in [7, 11) is 0. The fourth-order valence-electron chi connectivity index (χ4n) is 6.97. The van der Waals surface area contributed by atoms with Gasteiger partial charge in [-0.2, -0.15) is 0 Å². The monoisotopic (exact) mass is 457 g/mol. The number of rotatable bonds is 10. The van der Waals surface area contributed by atoms with E-state index < -0.39 is 11.6 Å². The molecule has 0 aromatic heterocycles. The first-order valence-electron chi connectivity index (χ1n) is 12.4. The van der Waals surface area contributed by atoms with Crippen molar-refractivity contribution < 1.29 is 19.8 Å². The van der Waals surface area contributed by atoms with Crippen LogP contribution in [0, 0.1) is 30.1 Å². The lowest BCUT2D eigenvalue weighted by Gasteiger charge is -2.56. The van der Waals surface area contributed by atoms with Crippen LogP contribution in [-0.4, -0.2) is 47.4 Å². The Kier molecular flexibility index (Phi) is 7.01. The minimum absolute atomic E-state index is 0.00393. The molecule has 1 aromatic carbocycles. The average molecular weight is 458 g/mol. The van der Waals surface area contributed by atoms with Crippen LogP contribution in [0.2, 0.25) is 0 Å². The summed E-state index contributed by atoms with van der Waals surface area (Å²) in [6.07, 6.45) is 7.35. The van der Waals surface area contributed by atoms with Crippen LogP contribution in [0.4, 0.5) is 4.79 Å². The number of hydrogen-bond acceptors (Lipinski definition) is 4. The molecule has 0 heterocycles. The Labute approximate surface area is 196 Å². The van der Waals surface area contributed by atoms with Gasteiger partial charge in [0.25, 0.3) is 5.91 Å². The van der Waals surface area contributed by atoms with Crippen LogP contribution in [-0.2, 0) is 6.54 Å². The van der Waals surface area contributed by atoms with Gasteiger partial charge in [-0.3, -0.25) is 4.79 Å². The van der Waals surface area contributed by atoms with Gasteiger partial charge in [0.15, 0.2) is 0 Å². The second kappa shape index (κ2) is 9.63. The summed E-state index contributed by atoms with van der Waals surface area (Å²) in [4.78, 5) is 24.1. The average Bonchev–Trinajstić information content (AvgIpc) is 2.75. The van der Waals surface area contributed by atoms with Crippen LogP contribution >= 0.6 is 0 Å². The highest BCUT2D eigenvalue weighted by Gasteiger charge is 2.50. The predicted molar refractivity (Wildman–Crippen MR) is 127 cm³/mol. The van der Waals surface area contributed by atoms with E-state index in [2.05, 4.69) is 16.0 Å². The van der Waals surface area contributed by atoms with Crippen LogP contribution in [0.1, 0.15) is 73.4 Å². The van der Waals surface area contributed by atoms with Gasteiger partial charge in [-0.05, 0) is 99.2 Å². The Morgan fingerprint density at radius 2 is 1.73 bits per heavy atom. The quantitative estimate of drug-likeness (QED) is 0.370. The third kappa shape index (κ3) is 5.69. The third-order valence-electron chi connectivity index (χ3n) is 8.35. The highest BCUT2D eigenvalue weighted by atomic mass is 16.4. The largest absolute Gasteiger partial charge is 0.465 e. The molecule has 33 heavy (non-hydrogen) atoms. The molecule has 1 aromatic rings. The van der Waals surface area contributed by atoms with Crippen molar-refractivity contribution in [2.45, 2.75) is 70.9 Å². The number of benzene rings is 1. The summed E-state index contributed by atoms with van der Waals surface area (Å²) < 4.78 is 0. The van der Waals surface area contributed by atoms with Gasteiger partial charge in [-0.1, -0.05) is 12.1 Å². The number of carboxylic acid groups (broad SMARTS) is 1. The van der Waals surface area contributed by atoms with Crippen LogP contribution in [0.15, 0.2) is 18.2 Å². The van der Waals surface area contributed by atoms with Crippen molar-refractivity contribution >= 4 is 12.0 Å². The summed E-state index contributed by atoms with van der Waals surface area (Å²) in [6, 6.07) is 5.89. The van der Waals surface area contributed by atoms with Crippen LogP contribution in [0.25, 0.3) is 0 Å². The summed E-state index contributed by atoms with van der Waals surface area (Å²) >= 11 is 0. The molecule has 0 radical (unpaired) electrons. The Hall–Kier alpha value is -2.12. The molecule has 4 saturated carbocycles. The fraction of sp³-hybridized carbons (Fsp3) is 0.692. The molecule has 4 aliphatic carbocycles. The molecule has 0 spiro atoms. The van der Waals surface area contributed by atoms with Gasteiger partial charge in [0.1, 0.15) is 0 Å². The lowest BCUT2D eigenvalue weighted by atomic mass is 9.49. The van der Waals surface area contributed by atoms with Crippen molar-refractivity contribution in [2.24, 2.45) is 23.2 Å². The smallest absolute Gasteiger partial charge is 0.404 e. The van der Waals surface area contributed by atoms with E-state index in [9.17, 15) is 14.7 Å². The Morgan fingerprint density at radius 1 is 1.09 bits per heavy atom. The second-order valence-corrected chi connectivity index (χ2v) is 11.3. The maximum atomic E-state index is 13.2. The first kappa shape index (κ1) is 24.0. The van der Waals surface area contributed by atoms with Gasteiger partial charge in [-0.25, -0.2) is 4.79 Å². The molecule has 1 atom stereocenters. The van der Waals surface area contributed by atoms with E-state index >= 15 is 0 Å².